The average Bonchev–Trinajstić information content (AvgIpc) is 2.52. The van der Waals surface area contributed by atoms with Crippen molar-refractivity contribution in [2.24, 2.45) is 0 Å². The third-order valence-electron chi connectivity index (χ3n) is 3.66. The van der Waals surface area contributed by atoms with Gasteiger partial charge in [0.2, 0.25) is 5.78 Å². The Morgan fingerprint density at radius 3 is 2.33 bits per heavy atom. The van der Waals surface area contributed by atoms with E-state index in [1.165, 1.54) is 6.92 Å². The summed E-state index contributed by atoms with van der Waals surface area (Å²) in [4.78, 5) is 23.9. The summed E-state index contributed by atoms with van der Waals surface area (Å²) in [6.45, 7) is 1.44. The lowest BCUT2D eigenvalue weighted by atomic mass is 9.91. The molecule has 0 atom stereocenters. The van der Waals surface area contributed by atoms with E-state index in [-0.39, 0.29) is 5.78 Å². The van der Waals surface area contributed by atoms with Crippen molar-refractivity contribution in [2.75, 3.05) is 0 Å². The van der Waals surface area contributed by atoms with Crippen LogP contribution < -0.4 is 0 Å². The molecule has 2 nitrogen and oxygen atoms in total. The van der Waals surface area contributed by atoms with Crippen molar-refractivity contribution >= 4 is 33.1 Å². The third kappa shape index (κ3) is 2.00. The van der Waals surface area contributed by atoms with Gasteiger partial charge in [-0.05, 0) is 40.5 Å². The Labute approximate surface area is 122 Å². The Morgan fingerprint density at radius 2 is 1.62 bits per heavy atom. The molecular weight excluding hydrogens is 260 g/mol. The van der Waals surface area contributed by atoms with Crippen LogP contribution in [0.5, 0.6) is 0 Å². The van der Waals surface area contributed by atoms with Crippen LogP contribution in [0.1, 0.15) is 27.6 Å². The monoisotopic (exact) mass is 272 g/mol. The second-order valence-electron chi connectivity index (χ2n) is 4.90. The first-order chi connectivity index (χ1) is 10.1. The smallest absolute Gasteiger partial charge is 0.236 e. The lowest BCUT2D eigenvalue weighted by molar-refractivity contribution is 0.0996. The van der Waals surface area contributed by atoms with E-state index in [0.29, 0.717) is 11.1 Å². The number of terminal acetylenes is 1. The van der Waals surface area contributed by atoms with E-state index in [0.717, 1.165) is 21.5 Å². The Hall–Kier alpha value is -2.92. The molecule has 100 valence electrons. The molecule has 0 unspecified atom stereocenters. The Morgan fingerprint density at radius 1 is 0.905 bits per heavy atom. The van der Waals surface area contributed by atoms with Gasteiger partial charge in [-0.1, -0.05) is 42.5 Å². The quantitative estimate of drug-likeness (QED) is 0.306. The van der Waals surface area contributed by atoms with Gasteiger partial charge >= 0.3 is 0 Å². The molecule has 3 aromatic carbocycles. The van der Waals surface area contributed by atoms with Gasteiger partial charge in [-0.3, -0.25) is 9.59 Å². The topological polar surface area (TPSA) is 34.1 Å². The zero-order chi connectivity index (χ0) is 15.0. The molecule has 0 amide bonds. The fraction of sp³-hybridized carbons (Fsp3) is 0.0526. The van der Waals surface area contributed by atoms with Gasteiger partial charge in [-0.25, -0.2) is 0 Å². The highest BCUT2D eigenvalue weighted by molar-refractivity contribution is 6.24. The van der Waals surface area contributed by atoms with Crippen molar-refractivity contribution in [1.82, 2.24) is 0 Å². The van der Waals surface area contributed by atoms with Crippen LogP contribution in [0.4, 0.5) is 0 Å². The van der Waals surface area contributed by atoms with Crippen LogP contribution in [0.2, 0.25) is 0 Å². The Bertz CT molecular complexity index is 943. The van der Waals surface area contributed by atoms with Gasteiger partial charge in [-0.15, -0.1) is 6.42 Å². The molecule has 3 aromatic rings. The maximum atomic E-state index is 12.1. The molecule has 0 aliphatic heterocycles. The molecule has 0 radical (unpaired) electrons. The number of hydrogen-bond donors (Lipinski definition) is 0. The van der Waals surface area contributed by atoms with Gasteiger partial charge in [0.15, 0.2) is 5.78 Å². The zero-order valence-electron chi connectivity index (χ0n) is 11.5. The number of fused-ring (bicyclic) bond motifs is 3. The molecule has 3 rings (SSSR count). The van der Waals surface area contributed by atoms with Gasteiger partial charge in [0, 0.05) is 11.1 Å². The molecule has 0 N–H and O–H groups in total. The fourth-order valence-electron chi connectivity index (χ4n) is 2.70. The number of ketones is 2. The summed E-state index contributed by atoms with van der Waals surface area (Å²) in [6.07, 6.45) is 5.27. The third-order valence-corrected chi connectivity index (χ3v) is 3.66. The largest absolute Gasteiger partial charge is 0.294 e. The molecule has 0 aliphatic carbocycles. The molecule has 0 spiro atoms. The molecule has 0 heterocycles. The minimum atomic E-state index is -0.457. The lowest BCUT2D eigenvalue weighted by Crippen LogP contribution is -2.06. The summed E-state index contributed by atoms with van der Waals surface area (Å²) in [5, 5.41) is 3.77. The Kier molecular flexibility index (Phi) is 3.04. The van der Waals surface area contributed by atoms with Gasteiger partial charge < -0.3 is 0 Å². The molecule has 21 heavy (non-hydrogen) atoms. The van der Waals surface area contributed by atoms with Crippen molar-refractivity contribution in [1.29, 1.82) is 0 Å². The van der Waals surface area contributed by atoms with Crippen LogP contribution >= 0.6 is 0 Å². The number of rotatable bonds is 2. The van der Waals surface area contributed by atoms with Crippen molar-refractivity contribution in [3.05, 3.63) is 59.7 Å². The average molecular weight is 272 g/mol. The van der Waals surface area contributed by atoms with E-state index in [9.17, 15) is 9.59 Å². The SMILES string of the molecule is C#CC(=O)c1c(C(C)=O)ccc2c1ccc1ccccc12. The highest BCUT2D eigenvalue weighted by atomic mass is 16.1. The van der Waals surface area contributed by atoms with Crippen LogP contribution in [0.15, 0.2) is 48.5 Å². The van der Waals surface area contributed by atoms with Crippen LogP contribution in [-0.2, 0) is 0 Å². The van der Waals surface area contributed by atoms with E-state index in [1.807, 2.05) is 42.5 Å². The number of Topliss-reactive ketones (excluding diaryl/α,β-unsaturated/α-hetero) is 2. The maximum Gasteiger partial charge on any atom is 0.236 e. The standard InChI is InChI=1S/C19H12O2/c1-3-18(21)19-14(12(2)20)10-11-16-15-7-5-4-6-13(15)8-9-17(16)19/h1,4-11H,2H3. The van der Waals surface area contributed by atoms with Gasteiger partial charge in [0.25, 0.3) is 0 Å². The van der Waals surface area contributed by atoms with Crippen LogP contribution in [0.3, 0.4) is 0 Å². The number of benzene rings is 3. The zero-order valence-corrected chi connectivity index (χ0v) is 11.5. The predicted molar refractivity (Wildman–Crippen MR) is 84.6 cm³/mol. The number of hydrogen-bond acceptors (Lipinski definition) is 2. The first kappa shape index (κ1) is 13.1. The second-order valence-corrected chi connectivity index (χ2v) is 4.90. The van der Waals surface area contributed by atoms with E-state index in [4.69, 9.17) is 6.42 Å². The van der Waals surface area contributed by atoms with E-state index < -0.39 is 5.78 Å². The minimum absolute atomic E-state index is 0.163. The predicted octanol–water partition coefficient (Wildman–Crippen LogP) is 4.01. The maximum absolute atomic E-state index is 12.1. The Balaban J connectivity index is 2.52. The summed E-state index contributed by atoms with van der Waals surface area (Å²) in [7, 11) is 0. The van der Waals surface area contributed by atoms with Crippen LogP contribution in [0, 0.1) is 12.3 Å². The molecule has 2 heteroatoms. The molecule has 0 aliphatic rings. The first-order valence-corrected chi connectivity index (χ1v) is 6.60. The van der Waals surface area contributed by atoms with Crippen LogP contribution in [0.25, 0.3) is 21.5 Å². The van der Waals surface area contributed by atoms with Crippen LogP contribution in [-0.4, -0.2) is 11.6 Å². The lowest BCUT2D eigenvalue weighted by Gasteiger charge is -2.10. The molecule has 0 saturated carbocycles. The molecule has 0 aromatic heterocycles. The second kappa shape index (κ2) is 4.88. The van der Waals surface area contributed by atoms with E-state index in [2.05, 4.69) is 5.92 Å². The van der Waals surface area contributed by atoms with Crippen molar-refractivity contribution in [2.45, 2.75) is 6.92 Å². The molecule has 0 fully saturated rings. The summed E-state index contributed by atoms with van der Waals surface area (Å²) in [5.74, 6) is 1.50. The summed E-state index contributed by atoms with van der Waals surface area (Å²) in [5.41, 5.74) is 0.703. The van der Waals surface area contributed by atoms with E-state index in [1.54, 1.807) is 6.07 Å². The van der Waals surface area contributed by atoms with E-state index >= 15 is 0 Å². The summed E-state index contributed by atoms with van der Waals surface area (Å²) >= 11 is 0. The number of carbonyl (C=O) groups excluding carboxylic acids is 2. The first-order valence-electron chi connectivity index (χ1n) is 6.60. The highest BCUT2D eigenvalue weighted by Gasteiger charge is 2.17. The van der Waals surface area contributed by atoms with Crippen molar-refractivity contribution in [3.8, 4) is 12.3 Å². The van der Waals surface area contributed by atoms with Gasteiger partial charge in [0.1, 0.15) is 0 Å². The fourth-order valence-corrected chi connectivity index (χ4v) is 2.70. The molecule has 0 saturated heterocycles. The van der Waals surface area contributed by atoms with Crippen molar-refractivity contribution < 1.29 is 9.59 Å². The van der Waals surface area contributed by atoms with Gasteiger partial charge in [0.05, 0.1) is 0 Å². The summed E-state index contributed by atoms with van der Waals surface area (Å²) in [6, 6.07) is 15.3. The van der Waals surface area contributed by atoms with Gasteiger partial charge in [-0.2, -0.15) is 0 Å². The molecular formula is C19H12O2. The minimum Gasteiger partial charge on any atom is -0.294 e. The highest BCUT2D eigenvalue weighted by Crippen LogP contribution is 2.30. The molecule has 0 bridgehead atoms. The number of carbonyl (C=O) groups is 2. The summed E-state index contributed by atoms with van der Waals surface area (Å²) < 4.78 is 0. The normalized spacial score (nSPS) is 10.5. The van der Waals surface area contributed by atoms with Crippen molar-refractivity contribution in [3.63, 3.8) is 0 Å².